The molecule has 0 unspecified atom stereocenters. The van der Waals surface area contributed by atoms with Gasteiger partial charge in [0.2, 0.25) is 0 Å². The molecule has 0 aliphatic carbocycles. The molecule has 0 saturated heterocycles. The maximum Gasteiger partial charge on any atom is 0.394 e. The van der Waals surface area contributed by atoms with Gasteiger partial charge in [-0.1, -0.05) is 6.58 Å². The number of hydrogen-bond donors (Lipinski definition) is 3. The first-order valence-corrected chi connectivity index (χ1v) is 5.25. The summed E-state index contributed by atoms with van der Waals surface area (Å²) in [5, 5.41) is 2.86. The molecule has 0 saturated carbocycles. The number of likely N-dealkylation sites (N-methyl/N-ethyl adjacent to an activating group) is 1. The van der Waals surface area contributed by atoms with Gasteiger partial charge >= 0.3 is 16.4 Å². The predicted molar refractivity (Wildman–Crippen MR) is 53.9 cm³/mol. The molecule has 0 aliphatic heterocycles. The van der Waals surface area contributed by atoms with Gasteiger partial charge in [0.15, 0.2) is 0 Å². The molecular weight excluding hydrogens is 226 g/mol. The largest absolute Gasteiger partial charge is 0.461 e. The van der Waals surface area contributed by atoms with Gasteiger partial charge in [-0.25, -0.2) is 4.79 Å². The van der Waals surface area contributed by atoms with Crippen molar-refractivity contribution in [2.24, 2.45) is 0 Å². The van der Waals surface area contributed by atoms with Crippen molar-refractivity contribution in [2.75, 3.05) is 20.2 Å². The van der Waals surface area contributed by atoms with Gasteiger partial charge in [-0.3, -0.25) is 9.11 Å². The summed E-state index contributed by atoms with van der Waals surface area (Å²) in [5.41, 5.74) is 0.441. The SMILES string of the molecule is C=C(C)C(=O)OCCNC.O=S(=O)(O)O. The number of hydrogen-bond acceptors (Lipinski definition) is 5. The summed E-state index contributed by atoms with van der Waals surface area (Å²) in [6.45, 7) is 6.15. The molecule has 0 aromatic heterocycles. The Bertz CT molecular complexity index is 289. The Morgan fingerprint density at radius 3 is 2.13 bits per heavy atom. The molecule has 90 valence electrons. The van der Waals surface area contributed by atoms with Gasteiger partial charge in [0.1, 0.15) is 6.61 Å². The van der Waals surface area contributed by atoms with E-state index in [1.165, 1.54) is 0 Å². The van der Waals surface area contributed by atoms with Gasteiger partial charge in [0.05, 0.1) is 0 Å². The normalized spacial score (nSPS) is 9.87. The molecule has 0 bridgehead atoms. The minimum atomic E-state index is -4.67. The van der Waals surface area contributed by atoms with Gasteiger partial charge in [-0.15, -0.1) is 0 Å². The van der Waals surface area contributed by atoms with Crippen LogP contribution in [0.5, 0.6) is 0 Å². The van der Waals surface area contributed by atoms with E-state index in [-0.39, 0.29) is 5.97 Å². The highest BCUT2D eigenvalue weighted by Gasteiger charge is 2.00. The van der Waals surface area contributed by atoms with Crippen LogP contribution < -0.4 is 5.32 Å². The Morgan fingerprint density at radius 1 is 1.47 bits per heavy atom. The van der Waals surface area contributed by atoms with Crippen LogP contribution in [-0.4, -0.2) is 43.7 Å². The first kappa shape index (κ1) is 16.5. The zero-order valence-electron chi connectivity index (χ0n) is 8.56. The van der Waals surface area contributed by atoms with E-state index < -0.39 is 10.4 Å². The molecule has 15 heavy (non-hydrogen) atoms. The maximum atomic E-state index is 10.7. The third-order valence-corrected chi connectivity index (χ3v) is 0.934. The lowest BCUT2D eigenvalue weighted by molar-refractivity contribution is -0.138. The van der Waals surface area contributed by atoms with Crippen LogP contribution >= 0.6 is 0 Å². The zero-order chi connectivity index (χ0) is 12.5. The fourth-order valence-corrected chi connectivity index (χ4v) is 0.369. The van der Waals surface area contributed by atoms with Gasteiger partial charge in [-0.2, -0.15) is 8.42 Å². The number of carbonyl (C=O) groups excluding carboxylic acids is 1. The van der Waals surface area contributed by atoms with E-state index in [1.54, 1.807) is 14.0 Å². The van der Waals surface area contributed by atoms with Gasteiger partial charge in [-0.05, 0) is 14.0 Å². The fraction of sp³-hybridized carbons (Fsp3) is 0.571. The second-order valence-electron chi connectivity index (χ2n) is 2.47. The quantitative estimate of drug-likeness (QED) is 0.267. The van der Waals surface area contributed by atoms with Crippen molar-refractivity contribution >= 4 is 16.4 Å². The number of esters is 1. The molecule has 3 N–H and O–H groups in total. The molecule has 0 spiro atoms. The number of ether oxygens (including phenoxy) is 1. The van der Waals surface area contributed by atoms with Crippen molar-refractivity contribution in [3.8, 4) is 0 Å². The van der Waals surface area contributed by atoms with Crippen LogP contribution in [0.2, 0.25) is 0 Å². The Morgan fingerprint density at radius 2 is 1.87 bits per heavy atom. The molecule has 0 heterocycles. The average molecular weight is 241 g/mol. The smallest absolute Gasteiger partial charge is 0.394 e. The Kier molecular flexibility index (Phi) is 9.18. The van der Waals surface area contributed by atoms with E-state index >= 15 is 0 Å². The van der Waals surface area contributed by atoms with E-state index in [9.17, 15) is 4.79 Å². The highest BCUT2D eigenvalue weighted by molar-refractivity contribution is 7.79. The molecule has 0 atom stereocenters. The minimum absolute atomic E-state index is 0.324. The second-order valence-corrected chi connectivity index (χ2v) is 3.36. The summed E-state index contributed by atoms with van der Waals surface area (Å²) in [7, 11) is -2.87. The Hall–Kier alpha value is -0.960. The van der Waals surface area contributed by atoms with Crippen LogP contribution in [0.25, 0.3) is 0 Å². The standard InChI is InChI=1S/C7H13NO2.H2O4S/c1-6(2)7(9)10-5-4-8-3;1-5(2,3)4/h8H,1,4-5H2,2-3H3;(H2,1,2,3,4). The van der Waals surface area contributed by atoms with Crippen molar-refractivity contribution in [1.82, 2.24) is 5.32 Å². The molecule has 0 aliphatic rings. The Balaban J connectivity index is 0. The van der Waals surface area contributed by atoms with Crippen LogP contribution in [0.15, 0.2) is 12.2 Å². The van der Waals surface area contributed by atoms with Crippen LogP contribution in [0.1, 0.15) is 6.92 Å². The molecular formula is C7H15NO6S. The summed E-state index contributed by atoms with van der Waals surface area (Å²) >= 11 is 0. The van der Waals surface area contributed by atoms with Crippen LogP contribution in [-0.2, 0) is 19.9 Å². The summed E-state index contributed by atoms with van der Waals surface area (Å²) in [5.74, 6) is -0.324. The number of rotatable bonds is 4. The Labute approximate surface area is 88.7 Å². The van der Waals surface area contributed by atoms with Crippen molar-refractivity contribution in [1.29, 1.82) is 0 Å². The topological polar surface area (TPSA) is 113 Å². The molecule has 0 aromatic carbocycles. The maximum absolute atomic E-state index is 10.7. The molecule has 0 rings (SSSR count). The minimum Gasteiger partial charge on any atom is -0.461 e. The van der Waals surface area contributed by atoms with E-state index in [4.69, 9.17) is 22.3 Å². The number of nitrogens with one attached hydrogen (secondary N) is 1. The lowest BCUT2D eigenvalue weighted by Crippen LogP contribution is -2.17. The van der Waals surface area contributed by atoms with E-state index in [0.29, 0.717) is 18.7 Å². The highest BCUT2D eigenvalue weighted by atomic mass is 32.3. The second kappa shape index (κ2) is 8.36. The monoisotopic (exact) mass is 241 g/mol. The zero-order valence-corrected chi connectivity index (χ0v) is 9.37. The third kappa shape index (κ3) is 24.6. The molecule has 0 radical (unpaired) electrons. The molecule has 8 heteroatoms. The lowest BCUT2D eigenvalue weighted by Gasteiger charge is -2.01. The first-order valence-electron chi connectivity index (χ1n) is 3.85. The summed E-state index contributed by atoms with van der Waals surface area (Å²) in [6, 6.07) is 0. The lowest BCUT2D eigenvalue weighted by atomic mass is 10.4. The van der Waals surface area contributed by atoms with Gasteiger partial charge < -0.3 is 10.1 Å². The van der Waals surface area contributed by atoms with Crippen LogP contribution in [0.3, 0.4) is 0 Å². The fourth-order valence-electron chi connectivity index (χ4n) is 0.369. The van der Waals surface area contributed by atoms with Crippen molar-refractivity contribution in [2.45, 2.75) is 6.92 Å². The number of carbonyl (C=O) groups is 1. The summed E-state index contributed by atoms with van der Waals surface area (Å²) in [6.07, 6.45) is 0. The van der Waals surface area contributed by atoms with Crippen LogP contribution in [0, 0.1) is 0 Å². The van der Waals surface area contributed by atoms with Crippen molar-refractivity contribution in [3.63, 3.8) is 0 Å². The molecule has 7 nitrogen and oxygen atoms in total. The third-order valence-electron chi connectivity index (χ3n) is 0.934. The summed E-state index contributed by atoms with van der Waals surface area (Å²) in [4.78, 5) is 10.7. The van der Waals surface area contributed by atoms with Gasteiger partial charge in [0.25, 0.3) is 0 Å². The van der Waals surface area contributed by atoms with Gasteiger partial charge in [0, 0.05) is 12.1 Å². The van der Waals surface area contributed by atoms with E-state index in [2.05, 4.69) is 11.9 Å². The average Bonchev–Trinajstić information content (AvgIpc) is 2.01. The van der Waals surface area contributed by atoms with Crippen molar-refractivity contribution < 1.29 is 27.1 Å². The highest BCUT2D eigenvalue weighted by Crippen LogP contribution is 1.89. The van der Waals surface area contributed by atoms with Crippen molar-refractivity contribution in [3.05, 3.63) is 12.2 Å². The molecule has 0 aromatic rings. The first-order chi connectivity index (χ1) is 6.68. The molecule has 0 fully saturated rings. The van der Waals surface area contributed by atoms with Crippen LogP contribution in [0.4, 0.5) is 0 Å². The van der Waals surface area contributed by atoms with E-state index in [0.717, 1.165) is 0 Å². The predicted octanol–water partition coefficient (Wildman–Crippen LogP) is -0.328. The molecule has 0 amide bonds. The van der Waals surface area contributed by atoms with E-state index in [1.807, 2.05) is 0 Å². The summed E-state index contributed by atoms with van der Waals surface area (Å²) < 4.78 is 36.3.